The summed E-state index contributed by atoms with van der Waals surface area (Å²) in [5.74, 6) is -3.46. The van der Waals surface area contributed by atoms with Gasteiger partial charge in [-0.1, -0.05) is 5.16 Å². The molecule has 6 N–H and O–H groups in total. The van der Waals surface area contributed by atoms with E-state index in [1.165, 1.54) is 0 Å². The van der Waals surface area contributed by atoms with Gasteiger partial charge < -0.3 is 31.4 Å². The van der Waals surface area contributed by atoms with Crippen molar-refractivity contribution in [2.24, 2.45) is 10.9 Å². The fourth-order valence-electron chi connectivity index (χ4n) is 2.87. The summed E-state index contributed by atoms with van der Waals surface area (Å²) in [6, 6.07) is -2.52. The second kappa shape index (κ2) is 13.5. The summed E-state index contributed by atoms with van der Waals surface area (Å²) in [5.41, 5.74) is 5.24. The minimum atomic E-state index is -1.52. The van der Waals surface area contributed by atoms with Crippen LogP contribution in [0.4, 0.5) is 4.79 Å². The Morgan fingerprint density at radius 1 is 1.16 bits per heavy atom. The van der Waals surface area contributed by atoms with Crippen LogP contribution in [0.2, 0.25) is 0 Å². The van der Waals surface area contributed by atoms with Gasteiger partial charge in [-0.05, 0) is 25.7 Å². The van der Waals surface area contributed by atoms with Crippen LogP contribution in [-0.4, -0.2) is 104 Å². The Morgan fingerprint density at radius 2 is 1.78 bits per heavy atom. The molecule has 0 bridgehead atoms. The molecule has 2 unspecified atom stereocenters. The summed E-state index contributed by atoms with van der Waals surface area (Å²) < 4.78 is 0. The smallest absolute Gasteiger partial charge is 0.413 e. The van der Waals surface area contributed by atoms with E-state index in [1.807, 2.05) is 0 Å². The number of rotatable bonds is 11. The molecule has 0 aromatic heterocycles. The van der Waals surface area contributed by atoms with Crippen molar-refractivity contribution >= 4 is 47.3 Å². The number of nitrogens with two attached hydrogens (primary N) is 1. The largest absolute Gasteiger partial charge is 0.480 e. The lowest BCUT2D eigenvalue weighted by molar-refractivity contribution is -0.139. The van der Waals surface area contributed by atoms with Crippen LogP contribution in [0.25, 0.3) is 0 Å². The molecule has 0 aliphatic carbocycles. The number of oxime groups is 1. The maximum atomic E-state index is 12.5. The molecule has 0 aromatic rings. The van der Waals surface area contributed by atoms with Gasteiger partial charge in [0.2, 0.25) is 5.91 Å². The number of hydrogen-bond acceptors (Lipinski definition) is 9. The zero-order valence-electron chi connectivity index (χ0n) is 17.7. The van der Waals surface area contributed by atoms with Gasteiger partial charge in [-0.25, -0.2) is 9.69 Å². The van der Waals surface area contributed by atoms with Gasteiger partial charge in [0, 0.05) is 38.1 Å². The molecule has 13 nitrogen and oxygen atoms in total. The third-order valence-corrected chi connectivity index (χ3v) is 5.83. The number of carboxylic acid groups (broad SMARTS) is 2. The Labute approximate surface area is 189 Å². The van der Waals surface area contributed by atoms with Crippen molar-refractivity contribution in [2.45, 2.75) is 44.2 Å². The first-order valence-electron chi connectivity index (χ1n) is 9.94. The molecule has 0 spiro atoms. The maximum Gasteiger partial charge on any atom is 0.413 e. The monoisotopic (exact) mass is 475 g/mol. The van der Waals surface area contributed by atoms with E-state index in [0.717, 1.165) is 38.1 Å². The van der Waals surface area contributed by atoms with E-state index < -0.39 is 41.9 Å². The predicted molar refractivity (Wildman–Crippen MR) is 115 cm³/mol. The van der Waals surface area contributed by atoms with Crippen LogP contribution in [0.15, 0.2) is 5.16 Å². The fourth-order valence-corrected chi connectivity index (χ4v) is 3.82. The zero-order chi connectivity index (χ0) is 24.3. The lowest BCUT2D eigenvalue weighted by Gasteiger charge is -2.27. The van der Waals surface area contributed by atoms with Crippen LogP contribution in [0.1, 0.15) is 32.1 Å². The first-order valence-corrected chi connectivity index (χ1v) is 11.1. The molecular weight excluding hydrogens is 446 g/mol. The van der Waals surface area contributed by atoms with Crippen molar-refractivity contribution in [2.75, 3.05) is 31.6 Å². The Kier molecular flexibility index (Phi) is 11.5. The maximum absolute atomic E-state index is 12.5. The lowest BCUT2D eigenvalue weighted by atomic mass is 10.1. The van der Waals surface area contributed by atoms with Crippen LogP contribution >= 0.6 is 11.8 Å². The number of imide groups is 1. The van der Waals surface area contributed by atoms with Gasteiger partial charge in [0.05, 0.1) is 0 Å². The molecule has 1 heterocycles. The number of aliphatic carboxylic acids is 1. The van der Waals surface area contributed by atoms with E-state index in [2.05, 4.69) is 10.5 Å². The first-order chi connectivity index (χ1) is 15.1. The number of hydrogen-bond donors (Lipinski definition) is 5. The minimum Gasteiger partial charge on any atom is -0.480 e. The highest BCUT2D eigenvalue weighted by Crippen LogP contribution is 2.12. The van der Waals surface area contributed by atoms with E-state index in [4.69, 9.17) is 15.9 Å². The fraction of sp³-hybridized carbons (Fsp3) is 0.667. The number of thioether (sulfide) groups is 1. The molecule has 14 heteroatoms. The molecule has 1 saturated heterocycles. The average Bonchev–Trinajstić information content (AvgIpc) is 2.78. The molecule has 0 radical (unpaired) electrons. The number of nitrogens with one attached hydrogen (secondary N) is 1. The number of carbonyl (C=O) groups excluding carboxylic acids is 3. The summed E-state index contributed by atoms with van der Waals surface area (Å²) in [6.07, 6.45) is 0.748. The van der Waals surface area contributed by atoms with E-state index in [0.29, 0.717) is 18.0 Å². The van der Waals surface area contributed by atoms with Gasteiger partial charge in [0.1, 0.15) is 12.1 Å². The van der Waals surface area contributed by atoms with Crippen molar-refractivity contribution in [3.05, 3.63) is 0 Å². The van der Waals surface area contributed by atoms with Crippen LogP contribution in [0.3, 0.4) is 0 Å². The first kappa shape index (κ1) is 27.2. The molecule has 1 aliphatic rings. The summed E-state index contributed by atoms with van der Waals surface area (Å²) in [7, 11) is 1.02. The van der Waals surface area contributed by atoms with Gasteiger partial charge in [-0.15, -0.1) is 0 Å². The van der Waals surface area contributed by atoms with Gasteiger partial charge >= 0.3 is 12.1 Å². The molecular formula is C18H29N5O8S. The number of amides is 4. The highest BCUT2D eigenvalue weighted by Gasteiger charge is 2.29. The van der Waals surface area contributed by atoms with Crippen molar-refractivity contribution in [1.29, 1.82) is 0 Å². The van der Waals surface area contributed by atoms with E-state index >= 15 is 0 Å². The third-order valence-electron chi connectivity index (χ3n) is 4.78. The Bertz CT molecular complexity index is 741. The number of likely N-dealkylation sites (tertiary alicyclic amines) is 1. The summed E-state index contributed by atoms with van der Waals surface area (Å²) in [5, 5.41) is 32.5. The van der Waals surface area contributed by atoms with Gasteiger partial charge in [0.25, 0.3) is 11.8 Å². The number of nitrogens with zero attached hydrogens (tertiary/aromatic N) is 3. The minimum absolute atomic E-state index is 0.0633. The molecule has 0 aromatic carbocycles. The molecule has 4 amide bonds. The molecule has 0 saturated carbocycles. The summed E-state index contributed by atoms with van der Waals surface area (Å²) in [4.78, 5) is 60.9. The Hall–Kier alpha value is -2.87. The molecule has 2 atom stereocenters. The van der Waals surface area contributed by atoms with Gasteiger partial charge in [-0.3, -0.25) is 19.2 Å². The van der Waals surface area contributed by atoms with Crippen molar-refractivity contribution in [3.63, 3.8) is 0 Å². The Morgan fingerprint density at radius 3 is 2.31 bits per heavy atom. The topological polar surface area (TPSA) is 203 Å². The predicted octanol–water partition coefficient (Wildman–Crippen LogP) is -0.624. The second-order valence-electron chi connectivity index (χ2n) is 7.20. The number of carbonyl (C=O) groups is 5. The van der Waals surface area contributed by atoms with Crippen molar-refractivity contribution in [3.8, 4) is 0 Å². The lowest BCUT2D eigenvalue weighted by Crippen LogP contribution is -2.50. The van der Waals surface area contributed by atoms with E-state index in [-0.39, 0.29) is 30.1 Å². The van der Waals surface area contributed by atoms with Crippen molar-refractivity contribution < 1.29 is 39.4 Å². The number of likely N-dealkylation sites (N-methyl/N-ethyl adjacent to an activating group) is 1. The van der Waals surface area contributed by atoms with Crippen LogP contribution < -0.4 is 11.1 Å². The van der Waals surface area contributed by atoms with E-state index in [1.54, 1.807) is 4.90 Å². The second-order valence-corrected chi connectivity index (χ2v) is 8.23. The van der Waals surface area contributed by atoms with Crippen LogP contribution in [-0.2, 0) is 19.2 Å². The van der Waals surface area contributed by atoms with Crippen LogP contribution in [0.5, 0.6) is 0 Å². The Balaban J connectivity index is 2.72. The average molecular weight is 476 g/mol. The molecule has 180 valence electrons. The zero-order valence-corrected chi connectivity index (χ0v) is 18.5. The highest BCUT2D eigenvalue weighted by molar-refractivity contribution is 8.00. The van der Waals surface area contributed by atoms with Gasteiger partial charge in [0.15, 0.2) is 5.71 Å². The normalized spacial score (nSPS) is 16.1. The standard InChI is InChI=1S/C18H29N5O8S/c1-22(18(29)30)15(25)12(20-14(24)6-5-11(19)17(27)28)9-32-10-13(21-31)16(26)23-7-3-2-4-8-23/h11-12,31H,2-10,19H2,1H3,(H,20,24)(H,27,28)(H,29,30). The van der Waals surface area contributed by atoms with E-state index in [9.17, 15) is 29.2 Å². The molecule has 1 fully saturated rings. The number of carboxylic acids is 1. The number of piperidine rings is 1. The molecule has 1 rings (SSSR count). The van der Waals surface area contributed by atoms with Crippen molar-refractivity contribution in [1.82, 2.24) is 15.1 Å². The SMILES string of the molecule is CN(C(=O)O)C(=O)C(CSCC(=NO)C(=O)N1CCCCC1)NC(=O)CCC(N)C(=O)O. The summed E-state index contributed by atoms with van der Waals surface area (Å²) >= 11 is 1.00. The van der Waals surface area contributed by atoms with Gasteiger partial charge in [-0.2, -0.15) is 11.8 Å². The molecule has 32 heavy (non-hydrogen) atoms. The third kappa shape index (κ3) is 8.70. The van der Waals surface area contributed by atoms with Crippen LogP contribution in [0, 0.1) is 0 Å². The quantitative estimate of drug-likeness (QED) is 0.145. The summed E-state index contributed by atoms with van der Waals surface area (Å²) in [6.45, 7) is 1.11. The molecule has 1 aliphatic heterocycles. The highest BCUT2D eigenvalue weighted by atomic mass is 32.2.